The second-order valence-electron chi connectivity index (χ2n) is 6.44. The van der Waals surface area contributed by atoms with Crippen LogP contribution in [0, 0.1) is 5.82 Å². The molecule has 0 unspecified atom stereocenters. The van der Waals surface area contributed by atoms with E-state index in [0.717, 1.165) is 4.47 Å². The summed E-state index contributed by atoms with van der Waals surface area (Å²) >= 11 is 4.56. The summed E-state index contributed by atoms with van der Waals surface area (Å²) in [5.74, 6) is -0.913. The number of carbonyl (C=O) groups excluding carboxylic acids is 2. The summed E-state index contributed by atoms with van der Waals surface area (Å²) in [6.07, 6.45) is 1.58. The van der Waals surface area contributed by atoms with Crippen LogP contribution in [0.1, 0.15) is 10.4 Å². The maximum Gasteiger partial charge on any atom is 0.257 e. The third-order valence-corrected chi connectivity index (χ3v) is 5.59. The largest absolute Gasteiger partial charge is 0.325 e. The molecule has 0 bridgehead atoms. The predicted molar refractivity (Wildman–Crippen MR) is 121 cm³/mol. The molecular weight excluding hydrogens is 485 g/mol. The zero-order chi connectivity index (χ0) is 21.8. The van der Waals surface area contributed by atoms with Crippen molar-refractivity contribution in [3.63, 3.8) is 0 Å². The number of nitrogens with zero attached hydrogens (tertiary/aromatic N) is 3. The number of benzene rings is 2. The molecule has 4 aromatic rings. The van der Waals surface area contributed by atoms with Gasteiger partial charge in [-0.05, 0) is 48.5 Å². The normalized spacial score (nSPS) is 10.8. The third kappa shape index (κ3) is 5.28. The Morgan fingerprint density at radius 2 is 1.77 bits per heavy atom. The summed E-state index contributed by atoms with van der Waals surface area (Å²) in [5.41, 5.74) is 1.92. The zero-order valence-corrected chi connectivity index (χ0v) is 18.3. The molecule has 2 N–H and O–H groups in total. The molecule has 2 aromatic carbocycles. The minimum Gasteiger partial charge on any atom is -0.325 e. The summed E-state index contributed by atoms with van der Waals surface area (Å²) in [6, 6.07) is 16.2. The van der Waals surface area contributed by atoms with E-state index >= 15 is 0 Å². The first-order valence-corrected chi connectivity index (χ1v) is 10.9. The lowest BCUT2D eigenvalue weighted by Crippen LogP contribution is -2.14. The van der Waals surface area contributed by atoms with E-state index in [1.807, 2.05) is 12.1 Å². The number of nitrogens with one attached hydrogen (secondary N) is 2. The van der Waals surface area contributed by atoms with Crippen molar-refractivity contribution in [3.05, 3.63) is 82.7 Å². The van der Waals surface area contributed by atoms with Gasteiger partial charge in [0, 0.05) is 22.0 Å². The van der Waals surface area contributed by atoms with Gasteiger partial charge in [-0.3, -0.25) is 14.0 Å². The summed E-state index contributed by atoms with van der Waals surface area (Å²) in [4.78, 5) is 24.8. The van der Waals surface area contributed by atoms with Crippen LogP contribution in [0.4, 0.5) is 15.8 Å². The first-order chi connectivity index (χ1) is 15.0. The highest BCUT2D eigenvalue weighted by molar-refractivity contribution is 9.10. The van der Waals surface area contributed by atoms with E-state index in [1.54, 1.807) is 40.9 Å². The molecule has 2 heterocycles. The molecule has 0 atom stereocenters. The summed E-state index contributed by atoms with van der Waals surface area (Å²) < 4.78 is 15.8. The van der Waals surface area contributed by atoms with Gasteiger partial charge in [-0.25, -0.2) is 4.39 Å². The highest BCUT2D eigenvalue weighted by Crippen LogP contribution is 2.20. The molecule has 0 saturated carbocycles. The molecule has 0 saturated heterocycles. The van der Waals surface area contributed by atoms with E-state index in [-0.39, 0.29) is 11.7 Å². The molecule has 0 spiro atoms. The number of fused-ring (bicyclic) bond motifs is 1. The maximum atomic E-state index is 13.3. The molecule has 0 aliphatic heterocycles. The Balaban J connectivity index is 1.45. The Hall–Kier alpha value is -3.24. The van der Waals surface area contributed by atoms with Gasteiger partial charge in [0.2, 0.25) is 5.91 Å². The van der Waals surface area contributed by atoms with Gasteiger partial charge >= 0.3 is 0 Å². The Labute approximate surface area is 189 Å². The number of anilines is 2. The molecule has 0 radical (unpaired) electrons. The number of hydrogen-bond acceptors (Lipinski definition) is 5. The van der Waals surface area contributed by atoms with E-state index in [1.165, 1.54) is 30.0 Å². The number of aromatic nitrogens is 3. The van der Waals surface area contributed by atoms with Gasteiger partial charge in [0.25, 0.3) is 5.91 Å². The predicted octanol–water partition coefficient (Wildman–Crippen LogP) is 4.61. The number of rotatable bonds is 6. The lowest BCUT2D eigenvalue weighted by molar-refractivity contribution is -0.113. The van der Waals surface area contributed by atoms with Crippen LogP contribution in [0.3, 0.4) is 0 Å². The van der Waals surface area contributed by atoms with Crippen LogP contribution in [-0.2, 0) is 4.79 Å². The third-order valence-electron chi connectivity index (χ3n) is 4.16. The molecule has 10 heteroatoms. The molecule has 2 aromatic heterocycles. The molecule has 0 aliphatic rings. The lowest BCUT2D eigenvalue weighted by Gasteiger charge is -2.07. The topological polar surface area (TPSA) is 88.4 Å². The number of pyridine rings is 1. The van der Waals surface area contributed by atoms with Crippen LogP contribution in [0.5, 0.6) is 0 Å². The monoisotopic (exact) mass is 499 g/mol. The van der Waals surface area contributed by atoms with Gasteiger partial charge in [0.1, 0.15) is 5.82 Å². The number of hydrogen-bond donors (Lipinski definition) is 2. The van der Waals surface area contributed by atoms with E-state index in [2.05, 4.69) is 36.8 Å². The van der Waals surface area contributed by atoms with E-state index in [0.29, 0.717) is 27.7 Å². The lowest BCUT2D eigenvalue weighted by atomic mass is 10.2. The van der Waals surface area contributed by atoms with E-state index in [9.17, 15) is 14.0 Å². The fourth-order valence-corrected chi connectivity index (χ4v) is 3.88. The summed E-state index contributed by atoms with van der Waals surface area (Å²) in [6.45, 7) is 0. The smallest absolute Gasteiger partial charge is 0.257 e. The molecule has 0 aliphatic carbocycles. The minimum atomic E-state index is -0.438. The van der Waals surface area contributed by atoms with Gasteiger partial charge in [-0.2, -0.15) is 0 Å². The molecular formula is C21H15BrFN5O2S. The molecule has 156 valence electrons. The van der Waals surface area contributed by atoms with Crippen LogP contribution in [0.15, 0.2) is 76.5 Å². The van der Waals surface area contributed by atoms with Crippen molar-refractivity contribution in [1.82, 2.24) is 14.6 Å². The highest BCUT2D eigenvalue weighted by atomic mass is 79.9. The van der Waals surface area contributed by atoms with Crippen molar-refractivity contribution in [2.24, 2.45) is 0 Å². The first-order valence-electron chi connectivity index (χ1n) is 9.08. The van der Waals surface area contributed by atoms with Crippen LogP contribution >= 0.6 is 27.7 Å². The summed E-state index contributed by atoms with van der Waals surface area (Å²) in [5, 5.41) is 14.1. The van der Waals surface area contributed by atoms with Crippen LogP contribution in [0.2, 0.25) is 0 Å². The number of halogens is 2. The zero-order valence-electron chi connectivity index (χ0n) is 15.9. The molecule has 2 amide bonds. The van der Waals surface area contributed by atoms with Crippen LogP contribution in [0.25, 0.3) is 5.65 Å². The molecule has 0 fully saturated rings. The maximum absolute atomic E-state index is 13.3. The van der Waals surface area contributed by atoms with Gasteiger partial charge in [-0.1, -0.05) is 39.8 Å². The number of thioether (sulfide) groups is 1. The van der Waals surface area contributed by atoms with E-state index in [4.69, 9.17) is 0 Å². The number of carbonyl (C=O) groups is 2. The number of amides is 2. The Morgan fingerprint density at radius 3 is 2.55 bits per heavy atom. The minimum absolute atomic E-state index is 0.118. The van der Waals surface area contributed by atoms with Crippen molar-refractivity contribution >= 4 is 56.5 Å². The SMILES string of the molecule is O=C(CSc1nnc2ccc(C(=O)Nc3cccc(F)c3)cn12)Nc1cccc(Br)c1. The van der Waals surface area contributed by atoms with Gasteiger partial charge < -0.3 is 10.6 Å². The van der Waals surface area contributed by atoms with Crippen molar-refractivity contribution in [2.75, 3.05) is 16.4 Å². The van der Waals surface area contributed by atoms with Gasteiger partial charge in [0.05, 0.1) is 11.3 Å². The molecule has 7 nitrogen and oxygen atoms in total. The fourth-order valence-electron chi connectivity index (χ4n) is 2.77. The second kappa shape index (κ2) is 9.27. The van der Waals surface area contributed by atoms with Crippen molar-refractivity contribution < 1.29 is 14.0 Å². The van der Waals surface area contributed by atoms with Crippen LogP contribution in [-0.4, -0.2) is 32.2 Å². The van der Waals surface area contributed by atoms with Gasteiger partial charge in [-0.15, -0.1) is 10.2 Å². The quantitative estimate of drug-likeness (QED) is 0.378. The Bertz CT molecular complexity index is 1280. The average Bonchev–Trinajstić information content (AvgIpc) is 3.14. The standard InChI is InChI=1S/C21H15BrFN5O2S/c22-14-3-1-5-16(9-14)24-19(29)12-31-21-27-26-18-8-7-13(11-28(18)21)20(30)25-17-6-2-4-15(23)10-17/h1-11H,12H2,(H,24,29)(H,25,30). The molecule has 31 heavy (non-hydrogen) atoms. The highest BCUT2D eigenvalue weighted by Gasteiger charge is 2.13. The van der Waals surface area contributed by atoms with E-state index < -0.39 is 11.7 Å². The second-order valence-corrected chi connectivity index (χ2v) is 8.30. The van der Waals surface area contributed by atoms with Crippen molar-refractivity contribution in [3.8, 4) is 0 Å². The summed E-state index contributed by atoms with van der Waals surface area (Å²) in [7, 11) is 0. The Morgan fingerprint density at radius 1 is 1.00 bits per heavy atom. The Kier molecular flexibility index (Phi) is 6.28. The van der Waals surface area contributed by atoms with Crippen molar-refractivity contribution in [2.45, 2.75) is 5.16 Å². The van der Waals surface area contributed by atoms with Crippen molar-refractivity contribution in [1.29, 1.82) is 0 Å². The molecule has 4 rings (SSSR count). The van der Waals surface area contributed by atoms with Gasteiger partial charge in [0.15, 0.2) is 10.8 Å². The fraction of sp³-hybridized carbons (Fsp3) is 0.0476. The van der Waals surface area contributed by atoms with Crippen LogP contribution < -0.4 is 10.6 Å². The first kappa shape index (κ1) is 21.0. The average molecular weight is 500 g/mol.